The topological polar surface area (TPSA) is 59.3 Å². The highest BCUT2D eigenvalue weighted by Crippen LogP contribution is 2.24. The fraction of sp³-hybridized carbons (Fsp3) is 0. The minimum absolute atomic E-state index is 0.0284. The molecular formula is C14H10FNO3S. The Morgan fingerprint density at radius 1 is 1.05 bits per heavy atom. The van der Waals surface area contributed by atoms with Crippen molar-refractivity contribution >= 4 is 20.9 Å². The van der Waals surface area contributed by atoms with Gasteiger partial charge in [0.15, 0.2) is 0 Å². The third-order valence-electron chi connectivity index (χ3n) is 2.99. The van der Waals surface area contributed by atoms with Crippen LogP contribution in [0.1, 0.15) is 0 Å². The lowest BCUT2D eigenvalue weighted by molar-refractivity contribution is 0.473. The van der Waals surface area contributed by atoms with Gasteiger partial charge in [-0.15, -0.1) is 0 Å². The first kappa shape index (κ1) is 12.7. The zero-order valence-electron chi connectivity index (χ0n) is 10.2. The van der Waals surface area contributed by atoms with Gasteiger partial charge in [-0.1, -0.05) is 6.07 Å². The Morgan fingerprint density at radius 3 is 2.60 bits per heavy atom. The molecule has 102 valence electrons. The molecule has 0 aliphatic heterocycles. The summed E-state index contributed by atoms with van der Waals surface area (Å²) in [5, 5.41) is 9.89. The molecule has 1 heterocycles. The van der Waals surface area contributed by atoms with Crippen LogP contribution in [0, 0.1) is 5.82 Å². The Hall–Kier alpha value is -2.34. The highest BCUT2D eigenvalue weighted by atomic mass is 32.2. The van der Waals surface area contributed by atoms with Crippen LogP contribution >= 0.6 is 0 Å². The zero-order chi connectivity index (χ0) is 14.3. The molecule has 0 atom stereocenters. The third kappa shape index (κ3) is 1.94. The van der Waals surface area contributed by atoms with Crippen molar-refractivity contribution in [3.8, 4) is 5.75 Å². The van der Waals surface area contributed by atoms with Crippen molar-refractivity contribution in [2.24, 2.45) is 0 Å². The predicted molar refractivity (Wildman–Crippen MR) is 72.6 cm³/mol. The summed E-state index contributed by atoms with van der Waals surface area (Å²) in [5.74, 6) is -0.557. The number of benzene rings is 2. The van der Waals surface area contributed by atoms with Crippen molar-refractivity contribution in [3.05, 3.63) is 60.5 Å². The van der Waals surface area contributed by atoms with Gasteiger partial charge in [0.2, 0.25) is 0 Å². The molecule has 3 rings (SSSR count). The van der Waals surface area contributed by atoms with E-state index in [1.807, 2.05) is 0 Å². The molecule has 6 heteroatoms. The van der Waals surface area contributed by atoms with Gasteiger partial charge in [0.05, 0.1) is 10.4 Å². The molecule has 0 amide bonds. The number of aromatic hydroxyl groups is 1. The van der Waals surface area contributed by atoms with Crippen molar-refractivity contribution in [2.75, 3.05) is 0 Å². The highest BCUT2D eigenvalue weighted by Gasteiger charge is 2.19. The normalized spacial score (nSPS) is 11.8. The van der Waals surface area contributed by atoms with Gasteiger partial charge in [-0.25, -0.2) is 16.8 Å². The summed E-state index contributed by atoms with van der Waals surface area (Å²) in [6, 6.07) is 10.8. The van der Waals surface area contributed by atoms with Crippen LogP contribution in [0.25, 0.3) is 10.9 Å². The molecule has 0 bridgehead atoms. The van der Waals surface area contributed by atoms with E-state index >= 15 is 0 Å². The smallest absolute Gasteiger partial charge is 0.268 e. The van der Waals surface area contributed by atoms with Crippen molar-refractivity contribution in [2.45, 2.75) is 4.90 Å². The van der Waals surface area contributed by atoms with E-state index < -0.39 is 15.8 Å². The fourth-order valence-electron chi connectivity index (χ4n) is 2.05. The van der Waals surface area contributed by atoms with Crippen LogP contribution in [0.4, 0.5) is 4.39 Å². The number of phenolic OH excluding ortho intramolecular Hbond substituents is 1. The van der Waals surface area contributed by atoms with Crippen LogP contribution in [0.15, 0.2) is 59.6 Å². The predicted octanol–water partition coefficient (Wildman–Crippen LogP) is 2.72. The second kappa shape index (κ2) is 4.35. The number of halogens is 1. The van der Waals surface area contributed by atoms with Gasteiger partial charge in [-0.05, 0) is 36.4 Å². The van der Waals surface area contributed by atoms with Crippen molar-refractivity contribution < 1.29 is 17.9 Å². The lowest BCUT2D eigenvalue weighted by Gasteiger charge is -2.07. The van der Waals surface area contributed by atoms with Crippen LogP contribution in [0.5, 0.6) is 5.75 Å². The first-order valence-electron chi connectivity index (χ1n) is 5.80. The molecule has 0 fully saturated rings. The Morgan fingerprint density at radius 2 is 1.85 bits per heavy atom. The monoisotopic (exact) mass is 291 g/mol. The molecule has 4 nitrogen and oxygen atoms in total. The Kier molecular flexibility index (Phi) is 2.76. The van der Waals surface area contributed by atoms with E-state index in [-0.39, 0.29) is 10.6 Å². The lowest BCUT2D eigenvalue weighted by atomic mass is 10.2. The maximum atomic E-state index is 13.1. The fourth-order valence-corrected chi connectivity index (χ4v) is 3.45. The van der Waals surface area contributed by atoms with E-state index in [2.05, 4.69) is 0 Å². The van der Waals surface area contributed by atoms with Gasteiger partial charge < -0.3 is 5.11 Å². The first-order chi connectivity index (χ1) is 9.48. The van der Waals surface area contributed by atoms with Crippen LogP contribution < -0.4 is 0 Å². The van der Waals surface area contributed by atoms with Gasteiger partial charge in [0.25, 0.3) is 10.0 Å². The first-order valence-corrected chi connectivity index (χ1v) is 7.24. The SMILES string of the molecule is O=S(=O)(c1cccc(O)c1)n1ccc2cc(F)ccc21. The van der Waals surface area contributed by atoms with E-state index in [1.165, 1.54) is 54.7 Å². The number of fused-ring (bicyclic) bond motifs is 1. The molecule has 0 aliphatic rings. The largest absolute Gasteiger partial charge is 0.508 e. The molecule has 0 aliphatic carbocycles. The second-order valence-electron chi connectivity index (χ2n) is 4.32. The maximum absolute atomic E-state index is 13.1. The van der Waals surface area contributed by atoms with Gasteiger partial charge in [-0.2, -0.15) is 0 Å². The number of phenols is 1. The molecule has 1 aromatic heterocycles. The summed E-state index contributed by atoms with van der Waals surface area (Å²) < 4.78 is 39.2. The van der Waals surface area contributed by atoms with Crippen LogP contribution in [0.3, 0.4) is 0 Å². The number of nitrogens with zero attached hydrogens (tertiary/aromatic N) is 1. The average molecular weight is 291 g/mol. The summed E-state index contributed by atoms with van der Waals surface area (Å²) in [5.41, 5.74) is 0.384. The summed E-state index contributed by atoms with van der Waals surface area (Å²) in [4.78, 5) is -0.0284. The highest BCUT2D eigenvalue weighted by molar-refractivity contribution is 7.90. The van der Waals surface area contributed by atoms with Crippen LogP contribution in [-0.4, -0.2) is 17.5 Å². The Bertz CT molecular complexity index is 900. The molecule has 2 aromatic carbocycles. The standard InChI is InChI=1S/C14H10FNO3S/c15-11-4-5-14-10(8-11)6-7-16(14)20(18,19)13-3-1-2-12(17)9-13/h1-9,17H. The van der Waals surface area contributed by atoms with Gasteiger partial charge >= 0.3 is 0 Å². The molecule has 0 saturated carbocycles. The molecule has 3 aromatic rings. The molecule has 0 radical (unpaired) electrons. The number of hydrogen-bond donors (Lipinski definition) is 1. The third-order valence-corrected chi connectivity index (χ3v) is 4.68. The van der Waals surface area contributed by atoms with E-state index in [4.69, 9.17) is 0 Å². The molecule has 0 saturated heterocycles. The number of rotatable bonds is 2. The summed E-state index contributed by atoms with van der Waals surface area (Å²) in [7, 11) is -3.82. The van der Waals surface area contributed by atoms with E-state index in [0.717, 1.165) is 3.97 Å². The molecule has 1 N–H and O–H groups in total. The minimum atomic E-state index is -3.82. The van der Waals surface area contributed by atoms with Crippen LogP contribution in [-0.2, 0) is 10.0 Å². The molecule has 0 unspecified atom stereocenters. The molecule has 20 heavy (non-hydrogen) atoms. The summed E-state index contributed by atoms with van der Waals surface area (Å²) in [6.45, 7) is 0. The van der Waals surface area contributed by atoms with Gasteiger partial charge in [-0.3, -0.25) is 0 Å². The maximum Gasteiger partial charge on any atom is 0.268 e. The van der Waals surface area contributed by atoms with Gasteiger partial charge in [0, 0.05) is 17.6 Å². The summed E-state index contributed by atoms with van der Waals surface area (Å²) >= 11 is 0. The Balaban J connectivity index is 2.24. The zero-order valence-corrected chi connectivity index (χ0v) is 11.0. The van der Waals surface area contributed by atoms with E-state index in [0.29, 0.717) is 10.9 Å². The molecule has 0 spiro atoms. The van der Waals surface area contributed by atoms with E-state index in [1.54, 1.807) is 0 Å². The van der Waals surface area contributed by atoms with Gasteiger partial charge in [0.1, 0.15) is 11.6 Å². The molecular weight excluding hydrogens is 281 g/mol. The van der Waals surface area contributed by atoms with Crippen molar-refractivity contribution in [1.82, 2.24) is 3.97 Å². The van der Waals surface area contributed by atoms with E-state index in [9.17, 15) is 17.9 Å². The number of aromatic nitrogens is 1. The van der Waals surface area contributed by atoms with Crippen LogP contribution in [0.2, 0.25) is 0 Å². The average Bonchev–Trinajstić information content (AvgIpc) is 2.82. The lowest BCUT2D eigenvalue weighted by Crippen LogP contribution is -2.11. The van der Waals surface area contributed by atoms with Crippen molar-refractivity contribution in [1.29, 1.82) is 0 Å². The van der Waals surface area contributed by atoms with Crippen molar-refractivity contribution in [3.63, 3.8) is 0 Å². The minimum Gasteiger partial charge on any atom is -0.508 e. The quantitative estimate of drug-likeness (QED) is 0.789. The summed E-state index contributed by atoms with van der Waals surface area (Å²) in [6.07, 6.45) is 1.36. The Labute approximate surface area is 114 Å². The second-order valence-corrected chi connectivity index (χ2v) is 6.13. The number of hydrogen-bond acceptors (Lipinski definition) is 3.